The molecule has 0 aliphatic heterocycles. The van der Waals surface area contributed by atoms with E-state index in [-0.39, 0.29) is 53.1 Å². The molecule has 4 aromatic rings. The van der Waals surface area contributed by atoms with E-state index in [9.17, 15) is 27.5 Å². The minimum absolute atomic E-state index is 0.0562. The topological polar surface area (TPSA) is 129 Å². The van der Waals surface area contributed by atoms with Crippen molar-refractivity contribution in [3.63, 3.8) is 0 Å². The van der Waals surface area contributed by atoms with Gasteiger partial charge in [0, 0.05) is 41.9 Å². The van der Waals surface area contributed by atoms with Crippen LogP contribution in [0.15, 0.2) is 60.8 Å². The van der Waals surface area contributed by atoms with E-state index in [4.69, 9.17) is 19.9 Å². The van der Waals surface area contributed by atoms with Gasteiger partial charge in [-0.2, -0.15) is 13.2 Å². The number of hydrogen-bond donors (Lipinski definition) is 3. The van der Waals surface area contributed by atoms with Crippen LogP contribution in [0.3, 0.4) is 0 Å². The lowest BCUT2D eigenvalue weighted by molar-refractivity contribution is -0.153. The van der Waals surface area contributed by atoms with Crippen molar-refractivity contribution in [3.8, 4) is 22.8 Å². The third kappa shape index (κ3) is 7.24. The summed E-state index contributed by atoms with van der Waals surface area (Å²) in [5, 5.41) is 15.2. The molecule has 1 aliphatic rings. The molecular formula is C31H30F4N4O5. The Morgan fingerprint density at radius 3 is 2.52 bits per heavy atom. The molecule has 1 fully saturated rings. The number of ether oxygens (including phenoxy) is 3. The van der Waals surface area contributed by atoms with Crippen molar-refractivity contribution in [2.24, 2.45) is 5.73 Å². The largest absolute Gasteiger partial charge is 0.488 e. The number of nitrogens with one attached hydrogen (secondary N) is 1. The van der Waals surface area contributed by atoms with Gasteiger partial charge in [-0.15, -0.1) is 0 Å². The van der Waals surface area contributed by atoms with Crippen molar-refractivity contribution in [1.29, 1.82) is 0 Å². The minimum Gasteiger partial charge on any atom is -0.488 e. The first kappa shape index (κ1) is 31.1. The van der Waals surface area contributed by atoms with Gasteiger partial charge in [0.1, 0.15) is 28.4 Å². The summed E-state index contributed by atoms with van der Waals surface area (Å²) in [7, 11) is 1.33. The Morgan fingerprint density at radius 2 is 1.86 bits per heavy atom. The normalized spacial score (nSPS) is 14.7. The van der Waals surface area contributed by atoms with Gasteiger partial charge in [0.05, 0.1) is 24.9 Å². The van der Waals surface area contributed by atoms with Gasteiger partial charge in [0.25, 0.3) is 5.91 Å². The molecule has 2 aromatic heterocycles. The SMILES string of the molecule is COC[C@](O)(CNC(=O)c1cc(OC2CC2)c2ncccc2c1)c1cc(CN)c(OCC(F)(F)F)c(-c2ccc(F)cc2)n1. The van der Waals surface area contributed by atoms with Crippen molar-refractivity contribution >= 4 is 16.8 Å². The molecule has 9 nitrogen and oxygen atoms in total. The maximum absolute atomic E-state index is 13.7. The first-order valence-corrected chi connectivity index (χ1v) is 13.7. The van der Waals surface area contributed by atoms with Gasteiger partial charge in [-0.3, -0.25) is 9.78 Å². The van der Waals surface area contributed by atoms with Crippen molar-refractivity contribution < 1.29 is 41.7 Å². The van der Waals surface area contributed by atoms with E-state index >= 15 is 0 Å². The second-order valence-electron chi connectivity index (χ2n) is 10.5. The van der Waals surface area contributed by atoms with Crippen molar-refractivity contribution in [3.05, 3.63) is 83.4 Å². The third-order valence-corrected chi connectivity index (χ3v) is 6.92. The molecule has 13 heteroatoms. The first-order valence-electron chi connectivity index (χ1n) is 13.7. The molecule has 1 saturated carbocycles. The van der Waals surface area contributed by atoms with Crippen LogP contribution < -0.4 is 20.5 Å². The van der Waals surface area contributed by atoms with E-state index in [2.05, 4.69) is 15.3 Å². The number of halogens is 4. The van der Waals surface area contributed by atoms with Crippen molar-refractivity contribution in [2.75, 3.05) is 26.9 Å². The van der Waals surface area contributed by atoms with Gasteiger partial charge in [-0.05, 0) is 61.4 Å². The average Bonchev–Trinajstić information content (AvgIpc) is 3.82. The summed E-state index contributed by atoms with van der Waals surface area (Å²) in [6.07, 6.45) is -1.14. The highest BCUT2D eigenvalue weighted by Crippen LogP contribution is 2.37. The molecule has 1 aliphatic carbocycles. The van der Waals surface area contributed by atoms with Gasteiger partial charge in [-0.25, -0.2) is 9.37 Å². The molecule has 0 saturated heterocycles. The Hall–Kier alpha value is -4.33. The number of amides is 1. The summed E-state index contributed by atoms with van der Waals surface area (Å²) < 4.78 is 69.3. The molecular weight excluding hydrogens is 584 g/mol. The second-order valence-corrected chi connectivity index (χ2v) is 10.5. The highest BCUT2D eigenvalue weighted by Gasteiger charge is 2.35. The van der Waals surface area contributed by atoms with Crippen LogP contribution in [0.4, 0.5) is 17.6 Å². The summed E-state index contributed by atoms with van der Waals surface area (Å²) in [5.74, 6) is -0.906. The molecule has 232 valence electrons. The van der Waals surface area contributed by atoms with Crippen molar-refractivity contribution in [2.45, 2.75) is 37.3 Å². The smallest absolute Gasteiger partial charge is 0.422 e. The molecule has 1 atom stereocenters. The number of nitrogens with zero attached hydrogens (tertiary/aromatic N) is 2. The fourth-order valence-corrected chi connectivity index (χ4v) is 4.62. The quantitative estimate of drug-likeness (QED) is 0.197. The predicted molar refractivity (Wildman–Crippen MR) is 153 cm³/mol. The maximum atomic E-state index is 13.7. The summed E-state index contributed by atoms with van der Waals surface area (Å²) in [6.45, 7) is -2.65. The first-order chi connectivity index (χ1) is 21.0. The number of carbonyl (C=O) groups is 1. The molecule has 0 bridgehead atoms. The number of aliphatic hydroxyl groups is 1. The van der Waals surface area contributed by atoms with Gasteiger partial charge < -0.3 is 30.4 Å². The Balaban J connectivity index is 1.49. The number of pyridine rings is 2. The molecule has 0 radical (unpaired) electrons. The number of alkyl halides is 3. The number of hydrogen-bond acceptors (Lipinski definition) is 8. The number of rotatable bonds is 12. The lowest BCUT2D eigenvalue weighted by atomic mass is 9.95. The third-order valence-electron chi connectivity index (χ3n) is 6.92. The summed E-state index contributed by atoms with van der Waals surface area (Å²) in [4.78, 5) is 22.2. The Morgan fingerprint density at radius 1 is 1.11 bits per heavy atom. The summed E-state index contributed by atoms with van der Waals surface area (Å²) in [6, 6.07) is 12.9. The van der Waals surface area contributed by atoms with Gasteiger partial charge >= 0.3 is 6.18 Å². The van der Waals surface area contributed by atoms with Gasteiger partial charge in [0.2, 0.25) is 0 Å². The van der Waals surface area contributed by atoms with E-state index in [0.717, 1.165) is 25.0 Å². The van der Waals surface area contributed by atoms with Crippen LogP contribution in [0, 0.1) is 5.82 Å². The number of aromatic nitrogens is 2. The molecule has 4 N–H and O–H groups in total. The lowest BCUT2D eigenvalue weighted by Crippen LogP contribution is -2.44. The Bertz CT molecular complexity index is 1650. The summed E-state index contributed by atoms with van der Waals surface area (Å²) in [5.41, 5.74) is 4.98. The van der Waals surface area contributed by atoms with Crippen LogP contribution in [-0.4, -0.2) is 60.1 Å². The predicted octanol–water partition coefficient (Wildman–Crippen LogP) is 4.64. The molecule has 0 spiro atoms. The maximum Gasteiger partial charge on any atom is 0.422 e. The fourth-order valence-electron chi connectivity index (χ4n) is 4.62. The summed E-state index contributed by atoms with van der Waals surface area (Å²) >= 11 is 0. The van der Waals surface area contributed by atoms with E-state index in [1.54, 1.807) is 30.5 Å². The van der Waals surface area contributed by atoms with Crippen LogP contribution in [0.2, 0.25) is 0 Å². The van der Waals surface area contributed by atoms with Crippen LogP contribution in [-0.2, 0) is 16.9 Å². The van der Waals surface area contributed by atoms with Crippen LogP contribution in [0.25, 0.3) is 22.2 Å². The number of fused-ring (bicyclic) bond motifs is 1. The van der Waals surface area contributed by atoms with Crippen LogP contribution >= 0.6 is 0 Å². The molecule has 2 aromatic carbocycles. The van der Waals surface area contributed by atoms with E-state index < -0.39 is 36.7 Å². The lowest BCUT2D eigenvalue weighted by Gasteiger charge is -2.29. The van der Waals surface area contributed by atoms with Crippen molar-refractivity contribution in [1.82, 2.24) is 15.3 Å². The molecule has 2 heterocycles. The molecule has 44 heavy (non-hydrogen) atoms. The number of benzene rings is 2. The van der Waals surface area contributed by atoms with E-state index in [0.29, 0.717) is 16.7 Å². The Labute approximate surface area is 250 Å². The molecule has 5 rings (SSSR count). The zero-order chi connectivity index (χ0) is 31.5. The van der Waals surface area contributed by atoms with E-state index in [1.165, 1.54) is 25.3 Å². The van der Waals surface area contributed by atoms with Crippen LogP contribution in [0.1, 0.15) is 34.5 Å². The zero-order valence-electron chi connectivity index (χ0n) is 23.7. The monoisotopic (exact) mass is 614 g/mol. The molecule has 1 amide bonds. The van der Waals surface area contributed by atoms with Crippen LogP contribution in [0.5, 0.6) is 11.5 Å². The fraction of sp³-hybridized carbons (Fsp3) is 0.323. The number of carbonyl (C=O) groups excluding carboxylic acids is 1. The highest BCUT2D eigenvalue weighted by molar-refractivity contribution is 5.99. The van der Waals surface area contributed by atoms with E-state index in [1.807, 2.05) is 0 Å². The number of methoxy groups -OCH3 is 1. The van der Waals surface area contributed by atoms with Gasteiger partial charge in [0.15, 0.2) is 12.4 Å². The van der Waals surface area contributed by atoms with Gasteiger partial charge in [-0.1, -0.05) is 6.07 Å². The highest BCUT2D eigenvalue weighted by atomic mass is 19.4. The Kier molecular flexibility index (Phi) is 9.00. The second kappa shape index (κ2) is 12.7. The number of nitrogens with two attached hydrogens (primary N) is 1. The minimum atomic E-state index is -4.66. The zero-order valence-corrected chi connectivity index (χ0v) is 23.7. The molecule has 0 unspecified atom stereocenters. The standard InChI is InChI=1S/C31H30F4N4O5/c1-42-16-30(41,15-38-29(40)20-11-19-3-2-10-37-26(19)24(12-20)44-23-8-9-23)25-13-21(14-36)28(43-17-31(33,34)35)27(39-25)18-4-6-22(32)7-5-18/h2-7,10-13,23,41H,8-9,14-17,36H2,1H3,(H,38,40)/t30-/m1/s1. The average molecular weight is 615 g/mol.